The SMILES string of the molecule is CC/C=C\C/C=C\C/C=C\C/C=C\C/C=C\C/C=C\C/C=C\C/C=C\CCCCCCCCCCCCCCCCCCC(=O)OC(COC(=O)CCCCCCCCCCCCC)COP(=O)(O)OCCN. The lowest BCUT2D eigenvalue weighted by Gasteiger charge is -2.19. The first-order chi connectivity index (χ1) is 35.8. The fourth-order valence-corrected chi connectivity index (χ4v) is 8.89. The normalized spacial score (nSPS) is 13.8. The van der Waals surface area contributed by atoms with Gasteiger partial charge in [0.2, 0.25) is 0 Å². The number of phosphoric ester groups is 1. The molecule has 0 amide bonds. The van der Waals surface area contributed by atoms with E-state index in [2.05, 4.69) is 111 Å². The third kappa shape index (κ3) is 58.1. The predicted molar refractivity (Wildman–Crippen MR) is 312 cm³/mol. The van der Waals surface area contributed by atoms with Gasteiger partial charge in [-0.3, -0.25) is 18.6 Å². The maximum atomic E-state index is 12.7. The van der Waals surface area contributed by atoms with E-state index >= 15 is 0 Å². The molecule has 10 heteroatoms. The Morgan fingerprint density at radius 3 is 1.12 bits per heavy atom. The molecule has 0 fully saturated rings. The Morgan fingerprint density at radius 1 is 0.425 bits per heavy atom. The number of allylic oxidation sites excluding steroid dienone is 16. The third-order valence-corrected chi connectivity index (χ3v) is 13.5. The molecule has 0 aromatic heterocycles. The van der Waals surface area contributed by atoms with E-state index in [1.54, 1.807) is 0 Å². The number of ether oxygens (including phenoxy) is 2. The molecule has 0 aliphatic rings. The van der Waals surface area contributed by atoms with Gasteiger partial charge >= 0.3 is 19.8 Å². The Bertz CT molecular complexity index is 1510. The number of hydrogen-bond acceptors (Lipinski definition) is 8. The number of esters is 2. The highest BCUT2D eigenvalue weighted by atomic mass is 31.2. The van der Waals surface area contributed by atoms with Crippen molar-refractivity contribution in [2.24, 2.45) is 5.73 Å². The molecule has 0 aliphatic carbocycles. The molecule has 0 saturated heterocycles. The Labute approximate surface area is 448 Å². The van der Waals surface area contributed by atoms with Crippen LogP contribution < -0.4 is 5.73 Å². The topological polar surface area (TPSA) is 134 Å². The van der Waals surface area contributed by atoms with Gasteiger partial charge < -0.3 is 20.1 Å². The molecule has 2 atom stereocenters. The van der Waals surface area contributed by atoms with Crippen molar-refractivity contribution in [1.29, 1.82) is 0 Å². The van der Waals surface area contributed by atoms with Crippen LogP contribution in [0.5, 0.6) is 0 Å². The molecule has 0 bridgehead atoms. The van der Waals surface area contributed by atoms with Gasteiger partial charge in [-0.25, -0.2) is 4.57 Å². The minimum absolute atomic E-state index is 0.0525. The van der Waals surface area contributed by atoms with Crippen molar-refractivity contribution in [3.63, 3.8) is 0 Å². The van der Waals surface area contributed by atoms with Gasteiger partial charge in [0.15, 0.2) is 6.10 Å². The summed E-state index contributed by atoms with van der Waals surface area (Å²) in [6, 6.07) is 0. The van der Waals surface area contributed by atoms with Crippen molar-refractivity contribution < 1.29 is 37.6 Å². The molecule has 0 aliphatic heterocycles. The molecule has 0 aromatic carbocycles. The number of carbonyl (C=O) groups excluding carboxylic acids is 2. The van der Waals surface area contributed by atoms with E-state index in [-0.39, 0.29) is 38.6 Å². The largest absolute Gasteiger partial charge is 0.472 e. The maximum Gasteiger partial charge on any atom is 0.472 e. The molecular formula is C63H110NO8P. The van der Waals surface area contributed by atoms with Crippen LogP contribution in [0.2, 0.25) is 0 Å². The van der Waals surface area contributed by atoms with Crippen molar-refractivity contribution >= 4 is 19.8 Å². The number of phosphoric acid groups is 1. The van der Waals surface area contributed by atoms with Crippen LogP contribution in [0, 0.1) is 0 Å². The van der Waals surface area contributed by atoms with Crippen molar-refractivity contribution in [2.75, 3.05) is 26.4 Å². The lowest BCUT2D eigenvalue weighted by molar-refractivity contribution is -0.161. The van der Waals surface area contributed by atoms with Crippen LogP contribution in [-0.2, 0) is 32.7 Å². The molecule has 0 rings (SSSR count). The fourth-order valence-electron chi connectivity index (χ4n) is 8.12. The zero-order valence-electron chi connectivity index (χ0n) is 46.8. The molecular weight excluding hydrogens is 930 g/mol. The predicted octanol–water partition coefficient (Wildman–Crippen LogP) is 18.8. The lowest BCUT2D eigenvalue weighted by atomic mass is 10.0. The zero-order chi connectivity index (χ0) is 53.1. The molecule has 0 radical (unpaired) electrons. The first kappa shape index (κ1) is 69.9. The molecule has 420 valence electrons. The van der Waals surface area contributed by atoms with Crippen LogP contribution in [-0.4, -0.2) is 49.3 Å². The maximum absolute atomic E-state index is 12.7. The van der Waals surface area contributed by atoms with Gasteiger partial charge in [-0.2, -0.15) is 0 Å². The van der Waals surface area contributed by atoms with Crippen molar-refractivity contribution in [3.05, 3.63) is 97.2 Å². The van der Waals surface area contributed by atoms with Gasteiger partial charge in [0.1, 0.15) is 6.61 Å². The monoisotopic (exact) mass is 1040 g/mol. The number of carbonyl (C=O) groups is 2. The van der Waals surface area contributed by atoms with Gasteiger partial charge in [0.25, 0.3) is 0 Å². The van der Waals surface area contributed by atoms with Crippen LogP contribution in [0.15, 0.2) is 97.2 Å². The van der Waals surface area contributed by atoms with E-state index < -0.39 is 26.5 Å². The van der Waals surface area contributed by atoms with Crippen LogP contribution in [0.4, 0.5) is 0 Å². The number of hydrogen-bond donors (Lipinski definition) is 2. The van der Waals surface area contributed by atoms with Gasteiger partial charge in [-0.15, -0.1) is 0 Å². The van der Waals surface area contributed by atoms with Crippen LogP contribution >= 0.6 is 7.82 Å². The molecule has 9 nitrogen and oxygen atoms in total. The standard InChI is InChI=1S/C63H110NO8P/c1-3-5-7-9-11-13-15-16-17-18-19-20-21-22-23-24-25-26-27-28-29-30-31-32-33-34-35-36-37-38-39-40-41-42-43-44-46-48-50-52-54-56-63(66)72-61(60-71-73(67,68)70-58-57-64)59-69-62(65)55-53-51-49-47-45-14-12-10-8-6-4-2/h5,7,11,13,16-17,19-20,22-23,25-26,28-29,31-32,61H,3-4,6,8-10,12,14-15,18,21,24,27,30,33-60,64H2,1-2H3,(H,67,68)/b7-5-,13-11-,17-16-,20-19-,23-22-,26-25-,29-28-,32-31-. The molecule has 0 spiro atoms. The Hall–Kier alpha value is -3.07. The van der Waals surface area contributed by atoms with E-state index in [9.17, 15) is 19.0 Å². The van der Waals surface area contributed by atoms with Crippen LogP contribution in [0.1, 0.15) is 258 Å². The van der Waals surface area contributed by atoms with Gasteiger partial charge in [0, 0.05) is 19.4 Å². The summed E-state index contributed by atoms with van der Waals surface area (Å²) in [6.07, 6.45) is 77.7. The van der Waals surface area contributed by atoms with Gasteiger partial charge in [-0.1, -0.05) is 265 Å². The molecule has 0 aromatic rings. The first-order valence-electron chi connectivity index (χ1n) is 29.7. The zero-order valence-corrected chi connectivity index (χ0v) is 47.7. The molecule has 0 saturated carbocycles. The summed E-state index contributed by atoms with van der Waals surface area (Å²) < 4.78 is 32.9. The molecule has 2 unspecified atom stereocenters. The fraction of sp³-hybridized carbons (Fsp3) is 0.714. The average Bonchev–Trinajstić information content (AvgIpc) is 3.38. The highest BCUT2D eigenvalue weighted by Crippen LogP contribution is 2.43. The molecule has 73 heavy (non-hydrogen) atoms. The van der Waals surface area contributed by atoms with E-state index in [0.717, 1.165) is 89.9 Å². The van der Waals surface area contributed by atoms with Crippen molar-refractivity contribution in [2.45, 2.75) is 264 Å². The summed E-state index contributed by atoms with van der Waals surface area (Å²) in [5.41, 5.74) is 5.37. The quantitative estimate of drug-likeness (QED) is 0.0264. The Morgan fingerprint density at radius 2 is 0.753 bits per heavy atom. The summed E-state index contributed by atoms with van der Waals surface area (Å²) in [5.74, 6) is -0.824. The molecule has 0 heterocycles. The lowest BCUT2D eigenvalue weighted by Crippen LogP contribution is -2.29. The van der Waals surface area contributed by atoms with Gasteiger partial charge in [0.05, 0.1) is 13.2 Å². The number of nitrogens with two attached hydrogens (primary N) is 1. The Kier molecular flexibility index (Phi) is 55.7. The summed E-state index contributed by atoms with van der Waals surface area (Å²) >= 11 is 0. The van der Waals surface area contributed by atoms with Crippen molar-refractivity contribution in [1.82, 2.24) is 0 Å². The van der Waals surface area contributed by atoms with Crippen molar-refractivity contribution in [3.8, 4) is 0 Å². The van der Waals surface area contributed by atoms with Gasteiger partial charge in [-0.05, 0) is 77.0 Å². The van der Waals surface area contributed by atoms with E-state index in [0.29, 0.717) is 6.42 Å². The number of unbranched alkanes of at least 4 members (excludes halogenated alkanes) is 26. The highest BCUT2D eigenvalue weighted by molar-refractivity contribution is 7.47. The highest BCUT2D eigenvalue weighted by Gasteiger charge is 2.26. The van der Waals surface area contributed by atoms with E-state index in [1.165, 1.54) is 135 Å². The Balaban J connectivity index is 3.82. The minimum Gasteiger partial charge on any atom is -0.462 e. The average molecular weight is 1040 g/mol. The van der Waals surface area contributed by atoms with Crippen LogP contribution in [0.3, 0.4) is 0 Å². The smallest absolute Gasteiger partial charge is 0.462 e. The molecule has 3 N–H and O–H groups in total. The third-order valence-electron chi connectivity index (χ3n) is 12.5. The second-order valence-electron chi connectivity index (χ2n) is 19.5. The summed E-state index contributed by atoms with van der Waals surface area (Å²) in [7, 11) is -4.38. The summed E-state index contributed by atoms with van der Waals surface area (Å²) in [6.45, 7) is 3.63. The minimum atomic E-state index is -4.38. The first-order valence-corrected chi connectivity index (χ1v) is 31.2. The van der Waals surface area contributed by atoms with Crippen LogP contribution in [0.25, 0.3) is 0 Å². The summed E-state index contributed by atoms with van der Waals surface area (Å²) in [5, 5.41) is 0. The van der Waals surface area contributed by atoms with E-state index in [1.807, 2.05) is 0 Å². The number of rotatable bonds is 55. The second-order valence-corrected chi connectivity index (χ2v) is 20.9. The van der Waals surface area contributed by atoms with E-state index in [4.69, 9.17) is 24.3 Å². The second kappa shape index (κ2) is 58.2. The summed E-state index contributed by atoms with van der Waals surface area (Å²) in [4.78, 5) is 35.0.